The number of rotatable bonds is 7. The maximum atomic E-state index is 11.9. The lowest BCUT2D eigenvalue weighted by Crippen LogP contribution is -2.44. The van der Waals surface area contributed by atoms with Crippen LogP contribution in [0, 0.1) is 5.92 Å². The van der Waals surface area contributed by atoms with Gasteiger partial charge in [-0.05, 0) is 26.7 Å². The van der Waals surface area contributed by atoms with E-state index in [0.717, 1.165) is 0 Å². The molecule has 0 aliphatic carbocycles. The first-order chi connectivity index (χ1) is 9.71. The van der Waals surface area contributed by atoms with Gasteiger partial charge in [0.1, 0.15) is 0 Å². The summed E-state index contributed by atoms with van der Waals surface area (Å²) in [5.41, 5.74) is 0. The topological polar surface area (TPSA) is 95.6 Å². The molecule has 1 rings (SSSR count). The second-order valence-corrected chi connectivity index (χ2v) is 7.59. The smallest absolute Gasteiger partial charge is 0.224 e. The Hall–Kier alpha value is -1.15. The molecule has 0 aromatic heterocycles. The quantitative estimate of drug-likeness (QED) is 0.629. The van der Waals surface area contributed by atoms with Gasteiger partial charge in [0.2, 0.25) is 21.8 Å². The van der Waals surface area contributed by atoms with Crippen LogP contribution in [0.2, 0.25) is 0 Å². The maximum absolute atomic E-state index is 11.9. The highest BCUT2D eigenvalue weighted by Crippen LogP contribution is 2.10. The van der Waals surface area contributed by atoms with Crippen molar-refractivity contribution in [2.45, 2.75) is 39.2 Å². The lowest BCUT2D eigenvalue weighted by Gasteiger charge is -2.24. The molecule has 0 bridgehead atoms. The number of piperidine rings is 1. The minimum atomic E-state index is -3.22. The highest BCUT2D eigenvalue weighted by atomic mass is 32.2. The molecule has 0 spiro atoms. The number of carbonyl (C=O) groups excluding carboxylic acids is 2. The third-order valence-electron chi connectivity index (χ3n) is 3.49. The van der Waals surface area contributed by atoms with Crippen LogP contribution >= 0.6 is 0 Å². The van der Waals surface area contributed by atoms with E-state index in [1.165, 1.54) is 10.6 Å². The number of nitrogens with one attached hydrogen (secondary N) is 2. The second-order valence-electron chi connectivity index (χ2n) is 5.65. The summed E-state index contributed by atoms with van der Waals surface area (Å²) in [5.74, 6) is -0.274. The fraction of sp³-hybridized carbons (Fsp3) is 0.846. The van der Waals surface area contributed by atoms with Gasteiger partial charge in [-0.25, -0.2) is 8.42 Å². The molecule has 2 N–H and O–H groups in total. The molecule has 1 fully saturated rings. The van der Waals surface area contributed by atoms with Crippen molar-refractivity contribution in [1.29, 1.82) is 0 Å². The summed E-state index contributed by atoms with van der Waals surface area (Å²) in [6.45, 7) is 4.85. The SMILES string of the molecule is CC(C)N(CCCNC(=O)[C@@H]1CCC(=O)NC1)S(C)(=O)=O. The first kappa shape index (κ1) is 17.9. The van der Waals surface area contributed by atoms with Crippen LogP contribution in [0.4, 0.5) is 0 Å². The van der Waals surface area contributed by atoms with Crippen molar-refractivity contribution in [3.63, 3.8) is 0 Å². The zero-order valence-corrected chi connectivity index (χ0v) is 13.7. The summed E-state index contributed by atoms with van der Waals surface area (Å²) in [5, 5.41) is 5.47. The Kier molecular flexibility index (Phi) is 6.60. The molecule has 7 nitrogen and oxygen atoms in total. The highest BCUT2D eigenvalue weighted by molar-refractivity contribution is 7.88. The molecule has 1 aliphatic rings. The number of carbonyl (C=O) groups is 2. The Labute approximate surface area is 126 Å². The second kappa shape index (κ2) is 7.74. The summed E-state index contributed by atoms with van der Waals surface area (Å²) in [6, 6.07) is -0.0933. The van der Waals surface area contributed by atoms with Crippen molar-refractivity contribution in [3.8, 4) is 0 Å². The van der Waals surface area contributed by atoms with Gasteiger partial charge in [0.15, 0.2) is 0 Å². The fourth-order valence-corrected chi connectivity index (χ4v) is 3.58. The third-order valence-corrected chi connectivity index (χ3v) is 4.95. The number of nitrogens with zero attached hydrogens (tertiary/aromatic N) is 1. The summed E-state index contributed by atoms with van der Waals surface area (Å²) in [7, 11) is -3.22. The van der Waals surface area contributed by atoms with E-state index in [0.29, 0.717) is 38.9 Å². The Morgan fingerprint density at radius 3 is 2.62 bits per heavy atom. The van der Waals surface area contributed by atoms with E-state index >= 15 is 0 Å². The minimum absolute atomic E-state index is 0.0141. The van der Waals surface area contributed by atoms with Crippen LogP contribution in [-0.2, 0) is 19.6 Å². The highest BCUT2D eigenvalue weighted by Gasteiger charge is 2.24. The standard InChI is InChI=1S/C13H25N3O4S/c1-10(2)16(21(3,19)20)8-4-7-14-13(18)11-5-6-12(17)15-9-11/h10-11H,4-9H2,1-3H3,(H,14,18)(H,15,17)/t11-/m1/s1. The number of amides is 2. The fourth-order valence-electron chi connectivity index (χ4n) is 2.35. The van der Waals surface area contributed by atoms with E-state index in [1.807, 2.05) is 13.8 Å². The summed E-state index contributed by atoms with van der Waals surface area (Å²) >= 11 is 0. The number of hydrogen-bond donors (Lipinski definition) is 2. The van der Waals surface area contributed by atoms with Gasteiger partial charge < -0.3 is 10.6 Å². The van der Waals surface area contributed by atoms with Crippen LogP contribution in [0.25, 0.3) is 0 Å². The third kappa shape index (κ3) is 6.01. The molecule has 122 valence electrons. The van der Waals surface area contributed by atoms with Crippen LogP contribution in [0.1, 0.15) is 33.1 Å². The van der Waals surface area contributed by atoms with Crippen LogP contribution in [-0.4, -0.2) is 56.5 Å². The van der Waals surface area contributed by atoms with E-state index in [9.17, 15) is 18.0 Å². The molecule has 0 aromatic rings. The Bertz CT molecular complexity index is 466. The maximum Gasteiger partial charge on any atom is 0.224 e. The molecule has 1 aliphatic heterocycles. The van der Waals surface area contributed by atoms with Gasteiger partial charge in [-0.2, -0.15) is 4.31 Å². The van der Waals surface area contributed by atoms with Gasteiger partial charge in [0.25, 0.3) is 0 Å². The lowest BCUT2D eigenvalue weighted by molar-refractivity contribution is -0.128. The molecule has 8 heteroatoms. The molecule has 21 heavy (non-hydrogen) atoms. The van der Waals surface area contributed by atoms with Gasteiger partial charge >= 0.3 is 0 Å². The summed E-state index contributed by atoms with van der Waals surface area (Å²) in [4.78, 5) is 22.9. The van der Waals surface area contributed by atoms with Gasteiger partial charge in [0.05, 0.1) is 12.2 Å². The molecule has 0 radical (unpaired) electrons. The molecular weight excluding hydrogens is 294 g/mol. The van der Waals surface area contributed by atoms with Crippen molar-refractivity contribution < 1.29 is 18.0 Å². The average Bonchev–Trinajstić information content (AvgIpc) is 2.37. The Morgan fingerprint density at radius 2 is 2.14 bits per heavy atom. The predicted octanol–water partition coefficient (Wildman–Crippen LogP) is -0.311. The van der Waals surface area contributed by atoms with Gasteiger partial charge in [-0.1, -0.05) is 0 Å². The molecule has 1 saturated heterocycles. The monoisotopic (exact) mass is 319 g/mol. The van der Waals surface area contributed by atoms with Crippen molar-refractivity contribution >= 4 is 21.8 Å². The zero-order valence-electron chi connectivity index (χ0n) is 12.9. The Morgan fingerprint density at radius 1 is 1.48 bits per heavy atom. The van der Waals surface area contributed by atoms with E-state index in [4.69, 9.17) is 0 Å². The predicted molar refractivity (Wildman–Crippen MR) is 80.0 cm³/mol. The molecule has 0 unspecified atom stereocenters. The minimum Gasteiger partial charge on any atom is -0.356 e. The van der Waals surface area contributed by atoms with Crippen molar-refractivity contribution in [1.82, 2.24) is 14.9 Å². The molecule has 1 atom stereocenters. The van der Waals surface area contributed by atoms with E-state index < -0.39 is 10.0 Å². The lowest BCUT2D eigenvalue weighted by atomic mass is 9.98. The first-order valence-electron chi connectivity index (χ1n) is 7.23. The average molecular weight is 319 g/mol. The zero-order chi connectivity index (χ0) is 16.0. The van der Waals surface area contributed by atoms with Crippen molar-refractivity contribution in [2.24, 2.45) is 5.92 Å². The molecule has 1 heterocycles. The Balaban J connectivity index is 2.30. The number of sulfonamides is 1. The molecule has 0 saturated carbocycles. The number of hydrogen-bond acceptors (Lipinski definition) is 4. The summed E-state index contributed by atoms with van der Waals surface area (Å²) < 4.78 is 24.6. The first-order valence-corrected chi connectivity index (χ1v) is 9.08. The molecule has 2 amide bonds. The van der Waals surface area contributed by atoms with E-state index in [-0.39, 0.29) is 23.8 Å². The van der Waals surface area contributed by atoms with Crippen LogP contribution in [0.5, 0.6) is 0 Å². The van der Waals surface area contributed by atoms with Gasteiger partial charge in [-0.3, -0.25) is 9.59 Å². The van der Waals surface area contributed by atoms with Crippen molar-refractivity contribution in [3.05, 3.63) is 0 Å². The molecular formula is C13H25N3O4S. The van der Waals surface area contributed by atoms with E-state index in [1.54, 1.807) is 0 Å². The summed E-state index contributed by atoms with van der Waals surface area (Å²) in [6.07, 6.45) is 2.71. The van der Waals surface area contributed by atoms with E-state index in [2.05, 4.69) is 10.6 Å². The van der Waals surface area contributed by atoms with Crippen LogP contribution in [0.15, 0.2) is 0 Å². The van der Waals surface area contributed by atoms with Crippen LogP contribution in [0.3, 0.4) is 0 Å². The van der Waals surface area contributed by atoms with Gasteiger partial charge in [-0.15, -0.1) is 0 Å². The molecule has 0 aromatic carbocycles. The largest absolute Gasteiger partial charge is 0.356 e. The van der Waals surface area contributed by atoms with Gasteiger partial charge in [0, 0.05) is 32.1 Å². The normalized spacial score (nSPS) is 19.7. The van der Waals surface area contributed by atoms with Crippen molar-refractivity contribution in [2.75, 3.05) is 25.9 Å². The van der Waals surface area contributed by atoms with Crippen LogP contribution < -0.4 is 10.6 Å².